The van der Waals surface area contributed by atoms with E-state index in [2.05, 4.69) is 25.8 Å². The number of halogens is 2. The molecule has 12 heteroatoms. The lowest BCUT2D eigenvalue weighted by atomic mass is 10.1. The Morgan fingerprint density at radius 1 is 1.27 bits per heavy atom. The Kier molecular flexibility index (Phi) is 7.14. The Morgan fingerprint density at radius 3 is 2.70 bits per heavy atom. The van der Waals surface area contributed by atoms with Crippen molar-refractivity contribution in [2.45, 2.75) is 11.9 Å². The normalized spacial score (nSPS) is 10.6. The molecule has 0 bridgehead atoms. The van der Waals surface area contributed by atoms with Gasteiger partial charge in [0.2, 0.25) is 11.8 Å². The van der Waals surface area contributed by atoms with Crippen LogP contribution in [-0.2, 0) is 0 Å². The van der Waals surface area contributed by atoms with Crippen LogP contribution in [0.1, 0.15) is 16.1 Å². The molecule has 0 saturated carbocycles. The molecule has 0 atom stereocenters. The number of methoxy groups -OCH3 is 1. The van der Waals surface area contributed by atoms with Crippen LogP contribution in [0, 0.1) is 6.92 Å². The molecule has 30 heavy (non-hydrogen) atoms. The average molecular weight is 484 g/mol. The number of aromatic nitrogens is 3. The van der Waals surface area contributed by atoms with E-state index in [0.29, 0.717) is 32.3 Å². The number of nitrogens with one attached hydrogen (secondary N) is 2. The second kappa shape index (κ2) is 9.61. The highest BCUT2D eigenvalue weighted by atomic mass is 35.5. The van der Waals surface area contributed by atoms with E-state index < -0.39 is 5.91 Å². The smallest absolute Gasteiger partial charge is 0.263 e. The average Bonchev–Trinajstić information content (AvgIpc) is 3.08. The van der Waals surface area contributed by atoms with Gasteiger partial charge >= 0.3 is 0 Å². The summed E-state index contributed by atoms with van der Waals surface area (Å²) >= 11 is 18.8. The van der Waals surface area contributed by atoms with Crippen LogP contribution in [0.5, 0.6) is 5.88 Å². The van der Waals surface area contributed by atoms with Crippen molar-refractivity contribution in [1.82, 2.24) is 20.4 Å². The number of carbonyl (C=O) groups excluding carboxylic acids is 1. The lowest BCUT2D eigenvalue weighted by molar-refractivity contribution is 0.0977. The first-order valence-electron chi connectivity index (χ1n) is 8.33. The van der Waals surface area contributed by atoms with Crippen molar-refractivity contribution >= 4 is 64.1 Å². The first kappa shape index (κ1) is 22.3. The molecule has 0 unspecified atom stereocenters. The fraction of sp³-hybridized carbons (Fsp3) is 0.167. The van der Waals surface area contributed by atoms with Crippen molar-refractivity contribution in [2.24, 2.45) is 0 Å². The standard InChI is InChI=1S/C18H15Cl2N5O3S2/c1-8-14(15(25-28-8)10-5-4-9(19)6-11(10)20)16(26)23-18(29)24-17-21-12(27-2)7-13(22-17)30-3/h4-7H,1-3H3,(H2,21,22,23,24,26,29). The monoisotopic (exact) mass is 483 g/mol. The highest BCUT2D eigenvalue weighted by molar-refractivity contribution is 7.98. The fourth-order valence-corrected chi connectivity index (χ4v) is 3.55. The summed E-state index contributed by atoms with van der Waals surface area (Å²) in [4.78, 5) is 21.3. The second-order valence-corrected chi connectivity index (χ2v) is 7.85. The maximum absolute atomic E-state index is 12.9. The predicted molar refractivity (Wildman–Crippen MR) is 121 cm³/mol. The number of ether oxygens (including phenoxy) is 1. The van der Waals surface area contributed by atoms with E-state index in [-0.39, 0.29) is 22.3 Å². The highest BCUT2D eigenvalue weighted by Crippen LogP contribution is 2.33. The number of nitrogens with zero attached hydrogens (tertiary/aromatic N) is 3. The number of anilines is 1. The van der Waals surface area contributed by atoms with E-state index in [9.17, 15) is 4.79 Å². The Bertz CT molecular complexity index is 1100. The molecule has 3 aromatic rings. The van der Waals surface area contributed by atoms with Crippen LogP contribution in [0.15, 0.2) is 33.8 Å². The SMILES string of the molecule is COc1cc(SC)nc(NC(=S)NC(=O)c2c(-c3ccc(Cl)cc3Cl)noc2C)n1. The van der Waals surface area contributed by atoms with Crippen LogP contribution in [0.3, 0.4) is 0 Å². The van der Waals surface area contributed by atoms with Gasteiger partial charge in [0.25, 0.3) is 5.91 Å². The van der Waals surface area contributed by atoms with Crippen molar-refractivity contribution < 1.29 is 14.1 Å². The van der Waals surface area contributed by atoms with E-state index in [1.54, 1.807) is 31.2 Å². The summed E-state index contributed by atoms with van der Waals surface area (Å²) in [5.41, 5.74) is 0.971. The summed E-state index contributed by atoms with van der Waals surface area (Å²) in [5.74, 6) is 0.325. The number of carbonyl (C=O) groups is 1. The van der Waals surface area contributed by atoms with E-state index >= 15 is 0 Å². The molecule has 0 aliphatic heterocycles. The molecule has 3 rings (SSSR count). The van der Waals surface area contributed by atoms with Gasteiger partial charge in [0, 0.05) is 16.7 Å². The molecule has 0 aliphatic rings. The second-order valence-electron chi connectivity index (χ2n) is 5.77. The van der Waals surface area contributed by atoms with Crippen molar-refractivity contribution in [2.75, 3.05) is 18.7 Å². The zero-order valence-electron chi connectivity index (χ0n) is 15.9. The summed E-state index contributed by atoms with van der Waals surface area (Å²) in [5, 5.41) is 10.8. The van der Waals surface area contributed by atoms with Gasteiger partial charge in [-0.2, -0.15) is 4.98 Å². The van der Waals surface area contributed by atoms with Gasteiger partial charge in [-0.1, -0.05) is 28.4 Å². The third-order valence-corrected chi connectivity index (χ3v) is 5.21. The Balaban J connectivity index is 1.82. The van der Waals surface area contributed by atoms with Gasteiger partial charge in [-0.05, 0) is 43.6 Å². The topological polar surface area (TPSA) is 102 Å². The molecule has 0 spiro atoms. The summed E-state index contributed by atoms with van der Waals surface area (Å²) in [6, 6.07) is 6.54. The number of benzene rings is 1. The van der Waals surface area contributed by atoms with E-state index in [1.807, 2.05) is 6.26 Å². The zero-order valence-corrected chi connectivity index (χ0v) is 19.1. The molecule has 2 heterocycles. The minimum absolute atomic E-state index is 0.00550. The summed E-state index contributed by atoms with van der Waals surface area (Å²) in [6.07, 6.45) is 1.86. The molecule has 2 aromatic heterocycles. The quantitative estimate of drug-likeness (QED) is 0.306. The predicted octanol–water partition coefficient (Wildman–Crippen LogP) is 4.60. The molecule has 0 radical (unpaired) electrons. The van der Waals surface area contributed by atoms with Crippen LogP contribution in [0.4, 0.5) is 5.95 Å². The van der Waals surface area contributed by atoms with Crippen molar-refractivity contribution in [1.29, 1.82) is 0 Å². The van der Waals surface area contributed by atoms with Gasteiger partial charge in [0.1, 0.15) is 22.0 Å². The van der Waals surface area contributed by atoms with Crippen LogP contribution in [0.25, 0.3) is 11.3 Å². The fourth-order valence-electron chi connectivity index (χ4n) is 2.47. The number of thioether (sulfide) groups is 1. The van der Waals surface area contributed by atoms with Crippen molar-refractivity contribution in [3.05, 3.63) is 45.6 Å². The van der Waals surface area contributed by atoms with Gasteiger partial charge in [0.05, 0.1) is 12.1 Å². The van der Waals surface area contributed by atoms with Crippen LogP contribution in [0.2, 0.25) is 10.0 Å². The molecule has 8 nitrogen and oxygen atoms in total. The summed E-state index contributed by atoms with van der Waals surface area (Å²) in [7, 11) is 1.49. The number of aryl methyl sites for hydroxylation is 1. The molecule has 1 aromatic carbocycles. The maximum Gasteiger partial charge on any atom is 0.263 e. The lowest BCUT2D eigenvalue weighted by Gasteiger charge is -2.10. The minimum Gasteiger partial charge on any atom is -0.481 e. The summed E-state index contributed by atoms with van der Waals surface area (Å²) in [6.45, 7) is 1.61. The molecular weight excluding hydrogens is 469 g/mol. The number of amides is 1. The van der Waals surface area contributed by atoms with Crippen LogP contribution < -0.4 is 15.4 Å². The number of hydrogen-bond acceptors (Lipinski definition) is 8. The van der Waals surface area contributed by atoms with Crippen LogP contribution in [-0.4, -0.2) is 39.5 Å². The first-order chi connectivity index (χ1) is 14.3. The van der Waals surface area contributed by atoms with Crippen molar-refractivity contribution in [3.8, 4) is 17.1 Å². The number of hydrogen-bond donors (Lipinski definition) is 2. The highest BCUT2D eigenvalue weighted by Gasteiger charge is 2.24. The lowest BCUT2D eigenvalue weighted by Crippen LogP contribution is -2.35. The summed E-state index contributed by atoms with van der Waals surface area (Å²) < 4.78 is 10.3. The molecule has 0 fully saturated rings. The maximum atomic E-state index is 12.9. The van der Waals surface area contributed by atoms with Crippen molar-refractivity contribution in [3.63, 3.8) is 0 Å². The number of thiocarbonyl (C=S) groups is 1. The molecule has 0 saturated heterocycles. The molecule has 0 aliphatic carbocycles. The third kappa shape index (κ3) is 5.01. The molecule has 2 N–H and O–H groups in total. The van der Waals surface area contributed by atoms with Gasteiger partial charge in [-0.15, -0.1) is 11.8 Å². The van der Waals surface area contributed by atoms with Gasteiger partial charge < -0.3 is 14.6 Å². The first-order valence-corrected chi connectivity index (χ1v) is 10.7. The minimum atomic E-state index is -0.528. The third-order valence-electron chi connectivity index (χ3n) is 3.83. The van der Waals surface area contributed by atoms with E-state index in [1.165, 1.54) is 18.9 Å². The van der Waals surface area contributed by atoms with Gasteiger partial charge in [-0.25, -0.2) is 4.98 Å². The zero-order chi connectivity index (χ0) is 21.8. The Labute approximate surface area is 191 Å². The Hall–Kier alpha value is -2.40. The molecule has 1 amide bonds. The van der Waals surface area contributed by atoms with Crippen LogP contribution >= 0.6 is 47.2 Å². The van der Waals surface area contributed by atoms with Gasteiger partial charge in [0.15, 0.2) is 5.11 Å². The van der Waals surface area contributed by atoms with E-state index in [0.717, 1.165) is 0 Å². The number of rotatable bonds is 5. The van der Waals surface area contributed by atoms with E-state index in [4.69, 9.17) is 44.7 Å². The molecule has 156 valence electrons. The Morgan fingerprint density at radius 2 is 2.03 bits per heavy atom. The molecular formula is C18H15Cl2N5O3S2. The largest absolute Gasteiger partial charge is 0.481 e. The van der Waals surface area contributed by atoms with Gasteiger partial charge in [-0.3, -0.25) is 10.1 Å².